The Kier molecular flexibility index (Phi) is 4.75. The number of aryl methyl sites for hydroxylation is 1. The van der Waals surface area contributed by atoms with E-state index in [1.807, 2.05) is 6.92 Å². The van der Waals surface area contributed by atoms with Crippen LogP contribution in [0.1, 0.15) is 36.4 Å². The molecule has 0 saturated carbocycles. The molecule has 2 heterocycles. The highest BCUT2D eigenvalue weighted by molar-refractivity contribution is 7.09. The first-order chi connectivity index (χ1) is 7.84. The Morgan fingerprint density at radius 3 is 3.19 bits per heavy atom. The van der Waals surface area contributed by atoms with E-state index >= 15 is 0 Å². The minimum atomic E-state index is 0.485. The molecule has 0 aromatic carbocycles. The largest absolute Gasteiger partial charge is 0.378 e. The van der Waals surface area contributed by atoms with Crippen molar-refractivity contribution < 1.29 is 4.74 Å². The van der Waals surface area contributed by atoms with E-state index in [0.29, 0.717) is 6.10 Å². The third-order valence-electron chi connectivity index (χ3n) is 2.86. The zero-order chi connectivity index (χ0) is 11.2. The number of hydrogen-bond acceptors (Lipinski definition) is 4. The fourth-order valence-corrected chi connectivity index (χ4v) is 2.72. The predicted molar refractivity (Wildman–Crippen MR) is 66.8 cm³/mol. The van der Waals surface area contributed by atoms with E-state index in [-0.39, 0.29) is 0 Å². The second-order valence-corrected chi connectivity index (χ2v) is 5.28. The molecule has 1 aliphatic heterocycles. The molecule has 1 aromatic rings. The SMILES string of the molecule is Cc1csc(CNCCC2CCCCO2)n1. The molecule has 0 spiro atoms. The normalized spacial score (nSPS) is 21.2. The summed E-state index contributed by atoms with van der Waals surface area (Å²) in [6.45, 7) is 4.92. The van der Waals surface area contributed by atoms with Gasteiger partial charge in [-0.25, -0.2) is 4.98 Å². The van der Waals surface area contributed by atoms with Crippen LogP contribution in [0.15, 0.2) is 5.38 Å². The maximum Gasteiger partial charge on any atom is 0.107 e. The van der Waals surface area contributed by atoms with Crippen LogP contribution in [0.25, 0.3) is 0 Å². The summed E-state index contributed by atoms with van der Waals surface area (Å²) in [5.74, 6) is 0. The van der Waals surface area contributed by atoms with Crippen molar-refractivity contribution in [3.05, 3.63) is 16.1 Å². The van der Waals surface area contributed by atoms with Crippen LogP contribution in [-0.2, 0) is 11.3 Å². The number of nitrogens with zero attached hydrogens (tertiary/aromatic N) is 1. The first-order valence-electron chi connectivity index (χ1n) is 6.08. The second kappa shape index (κ2) is 6.33. The fraction of sp³-hybridized carbons (Fsp3) is 0.750. The number of thiazole rings is 1. The average molecular weight is 240 g/mol. The summed E-state index contributed by atoms with van der Waals surface area (Å²) in [6.07, 6.45) is 5.42. The highest BCUT2D eigenvalue weighted by atomic mass is 32.1. The van der Waals surface area contributed by atoms with Gasteiger partial charge in [0, 0.05) is 24.2 Å². The van der Waals surface area contributed by atoms with Crippen LogP contribution in [0.2, 0.25) is 0 Å². The quantitative estimate of drug-likeness (QED) is 0.803. The molecular formula is C12H20N2OS. The second-order valence-electron chi connectivity index (χ2n) is 4.34. The van der Waals surface area contributed by atoms with Crippen molar-refractivity contribution >= 4 is 11.3 Å². The Labute approximate surface area is 101 Å². The van der Waals surface area contributed by atoms with Crippen molar-refractivity contribution in [1.29, 1.82) is 0 Å². The molecule has 90 valence electrons. The Morgan fingerprint density at radius 2 is 2.50 bits per heavy atom. The van der Waals surface area contributed by atoms with Crippen LogP contribution in [0.5, 0.6) is 0 Å². The molecule has 0 radical (unpaired) electrons. The van der Waals surface area contributed by atoms with Crippen molar-refractivity contribution in [2.75, 3.05) is 13.2 Å². The third kappa shape index (κ3) is 3.85. The third-order valence-corrected chi connectivity index (χ3v) is 3.83. The van der Waals surface area contributed by atoms with Gasteiger partial charge in [0.2, 0.25) is 0 Å². The van der Waals surface area contributed by atoms with Crippen LogP contribution in [0.4, 0.5) is 0 Å². The molecule has 16 heavy (non-hydrogen) atoms. The smallest absolute Gasteiger partial charge is 0.107 e. The summed E-state index contributed by atoms with van der Waals surface area (Å²) in [6, 6.07) is 0. The van der Waals surface area contributed by atoms with Crippen LogP contribution < -0.4 is 5.32 Å². The maximum atomic E-state index is 5.68. The molecule has 1 aliphatic rings. The summed E-state index contributed by atoms with van der Waals surface area (Å²) in [5, 5.41) is 6.71. The van der Waals surface area contributed by atoms with E-state index in [2.05, 4.69) is 15.7 Å². The van der Waals surface area contributed by atoms with Gasteiger partial charge >= 0.3 is 0 Å². The van der Waals surface area contributed by atoms with Gasteiger partial charge in [0.15, 0.2) is 0 Å². The Bertz CT molecular complexity index is 308. The Balaban J connectivity index is 1.57. The van der Waals surface area contributed by atoms with Gasteiger partial charge in [0.1, 0.15) is 5.01 Å². The molecule has 0 aliphatic carbocycles. The van der Waals surface area contributed by atoms with Gasteiger partial charge in [-0.2, -0.15) is 0 Å². The highest BCUT2D eigenvalue weighted by Gasteiger charge is 2.12. The molecule has 1 N–H and O–H groups in total. The highest BCUT2D eigenvalue weighted by Crippen LogP contribution is 2.15. The van der Waals surface area contributed by atoms with Gasteiger partial charge in [-0.05, 0) is 39.2 Å². The van der Waals surface area contributed by atoms with Crippen LogP contribution in [0, 0.1) is 6.92 Å². The van der Waals surface area contributed by atoms with E-state index in [1.165, 1.54) is 24.3 Å². The zero-order valence-corrected chi connectivity index (χ0v) is 10.7. The van der Waals surface area contributed by atoms with E-state index in [1.54, 1.807) is 11.3 Å². The van der Waals surface area contributed by atoms with E-state index in [9.17, 15) is 0 Å². The molecule has 0 amide bonds. The van der Waals surface area contributed by atoms with E-state index < -0.39 is 0 Å². The van der Waals surface area contributed by atoms with Crippen LogP contribution in [-0.4, -0.2) is 24.2 Å². The standard InChI is InChI=1S/C12H20N2OS/c1-10-9-16-12(14-10)8-13-6-5-11-4-2-3-7-15-11/h9,11,13H,2-8H2,1H3. The molecule has 1 atom stereocenters. The summed E-state index contributed by atoms with van der Waals surface area (Å²) in [5.41, 5.74) is 1.12. The molecule has 1 saturated heterocycles. The average Bonchev–Trinajstić information content (AvgIpc) is 2.72. The van der Waals surface area contributed by atoms with Crippen LogP contribution in [0.3, 0.4) is 0 Å². The maximum absolute atomic E-state index is 5.68. The van der Waals surface area contributed by atoms with Gasteiger partial charge in [0.05, 0.1) is 6.10 Å². The Hall–Kier alpha value is -0.450. The molecule has 1 unspecified atom stereocenters. The number of aromatic nitrogens is 1. The lowest BCUT2D eigenvalue weighted by Gasteiger charge is -2.22. The molecule has 2 rings (SSSR count). The van der Waals surface area contributed by atoms with Gasteiger partial charge in [-0.15, -0.1) is 11.3 Å². The monoisotopic (exact) mass is 240 g/mol. The van der Waals surface area contributed by atoms with Crippen LogP contribution >= 0.6 is 11.3 Å². The lowest BCUT2D eigenvalue weighted by Crippen LogP contribution is -2.25. The first-order valence-corrected chi connectivity index (χ1v) is 6.96. The Morgan fingerprint density at radius 1 is 1.56 bits per heavy atom. The molecule has 1 fully saturated rings. The number of nitrogens with one attached hydrogen (secondary N) is 1. The zero-order valence-electron chi connectivity index (χ0n) is 9.87. The summed E-state index contributed by atoms with van der Waals surface area (Å²) in [4.78, 5) is 4.42. The van der Waals surface area contributed by atoms with Crippen molar-refractivity contribution in [2.24, 2.45) is 0 Å². The lowest BCUT2D eigenvalue weighted by atomic mass is 10.1. The van der Waals surface area contributed by atoms with Gasteiger partial charge in [0.25, 0.3) is 0 Å². The molecule has 1 aromatic heterocycles. The molecule has 3 nitrogen and oxygen atoms in total. The van der Waals surface area contributed by atoms with E-state index in [4.69, 9.17) is 4.74 Å². The van der Waals surface area contributed by atoms with Gasteiger partial charge in [-0.1, -0.05) is 0 Å². The molecule has 4 heteroatoms. The molecule has 0 bridgehead atoms. The van der Waals surface area contributed by atoms with Gasteiger partial charge < -0.3 is 10.1 Å². The van der Waals surface area contributed by atoms with Gasteiger partial charge in [-0.3, -0.25) is 0 Å². The number of ether oxygens (including phenoxy) is 1. The summed E-state index contributed by atoms with van der Waals surface area (Å²) < 4.78 is 5.68. The topological polar surface area (TPSA) is 34.1 Å². The minimum absolute atomic E-state index is 0.485. The fourth-order valence-electron chi connectivity index (χ4n) is 1.98. The predicted octanol–water partition coefficient (Wildman–Crippen LogP) is 2.50. The van der Waals surface area contributed by atoms with Crippen molar-refractivity contribution in [3.8, 4) is 0 Å². The summed E-state index contributed by atoms with van der Waals surface area (Å²) in [7, 11) is 0. The first kappa shape index (κ1) is 12.0. The van der Waals surface area contributed by atoms with Crippen molar-refractivity contribution in [3.63, 3.8) is 0 Å². The number of hydrogen-bond donors (Lipinski definition) is 1. The van der Waals surface area contributed by atoms with E-state index in [0.717, 1.165) is 31.8 Å². The summed E-state index contributed by atoms with van der Waals surface area (Å²) >= 11 is 1.73. The molecular weight excluding hydrogens is 220 g/mol. The lowest BCUT2D eigenvalue weighted by molar-refractivity contribution is 0.0115. The number of rotatable bonds is 5. The van der Waals surface area contributed by atoms with Crippen molar-refractivity contribution in [2.45, 2.75) is 45.3 Å². The van der Waals surface area contributed by atoms with Crippen molar-refractivity contribution in [1.82, 2.24) is 10.3 Å². The minimum Gasteiger partial charge on any atom is -0.378 e.